The molecule has 0 saturated heterocycles. The molecule has 4 N–H and O–H groups in total. The van der Waals surface area contributed by atoms with E-state index in [0.29, 0.717) is 18.8 Å². The summed E-state index contributed by atoms with van der Waals surface area (Å²) in [7, 11) is 0. The van der Waals surface area contributed by atoms with E-state index in [0.717, 1.165) is 16.5 Å². The summed E-state index contributed by atoms with van der Waals surface area (Å²) in [6, 6.07) is 4.47. The third-order valence-corrected chi connectivity index (χ3v) is 5.27. The van der Waals surface area contributed by atoms with Gasteiger partial charge in [-0.15, -0.1) is 11.3 Å². The highest BCUT2D eigenvalue weighted by Gasteiger charge is 2.25. The molecule has 0 unspecified atom stereocenters. The van der Waals surface area contributed by atoms with Crippen LogP contribution >= 0.6 is 22.9 Å². The van der Waals surface area contributed by atoms with Crippen LogP contribution in [-0.2, 0) is 6.54 Å². The van der Waals surface area contributed by atoms with Crippen molar-refractivity contribution >= 4 is 34.5 Å². The van der Waals surface area contributed by atoms with Crippen LogP contribution in [0.25, 0.3) is 11.3 Å². The minimum absolute atomic E-state index is 0.0406. The van der Waals surface area contributed by atoms with Gasteiger partial charge in [0, 0.05) is 24.0 Å². The number of nitrogens with zero attached hydrogens (tertiary/aromatic N) is 1. The minimum atomic E-state index is -0.401. The molecule has 0 saturated carbocycles. The maximum Gasteiger partial charge on any atom is 0.275 e. The number of phenolic OH excluding ortho intramolecular Hbond substituents is 2. The highest BCUT2D eigenvalue weighted by atomic mass is 35.5. The smallest absolute Gasteiger partial charge is 0.275 e. The fourth-order valence-electron chi connectivity index (χ4n) is 2.52. The van der Waals surface area contributed by atoms with Crippen LogP contribution in [0.5, 0.6) is 11.5 Å². The predicted octanol–water partition coefficient (Wildman–Crippen LogP) is 4.14. The van der Waals surface area contributed by atoms with Gasteiger partial charge in [0.2, 0.25) is 0 Å². The molecule has 9 heteroatoms. The van der Waals surface area contributed by atoms with Crippen LogP contribution in [0.3, 0.4) is 0 Å². The van der Waals surface area contributed by atoms with Crippen LogP contribution in [0.4, 0.5) is 5.69 Å². The molecule has 3 rings (SSSR count). The quantitative estimate of drug-likeness (QED) is 0.489. The second-order valence-electron chi connectivity index (χ2n) is 5.80. The lowest BCUT2D eigenvalue weighted by Crippen LogP contribution is -2.24. The number of nitrogens with one attached hydrogen (secondary N) is 2. The Bertz CT molecular complexity index is 983. The number of anilines is 1. The van der Waals surface area contributed by atoms with Gasteiger partial charge >= 0.3 is 0 Å². The third-order valence-electron chi connectivity index (χ3n) is 3.95. The van der Waals surface area contributed by atoms with Crippen molar-refractivity contribution in [3.8, 4) is 22.8 Å². The number of amides is 1. The average molecular weight is 408 g/mol. The molecule has 0 radical (unpaired) electrons. The maximum atomic E-state index is 12.3. The summed E-state index contributed by atoms with van der Waals surface area (Å²) in [5.74, 6) is -0.747. The number of aryl methyl sites for hydroxylation is 1. The molecule has 0 bridgehead atoms. The highest BCUT2D eigenvalue weighted by molar-refractivity contribution is 7.10. The van der Waals surface area contributed by atoms with Crippen molar-refractivity contribution < 1.29 is 19.5 Å². The number of phenols is 2. The molecule has 142 valence electrons. The Hall–Kier alpha value is -2.71. The van der Waals surface area contributed by atoms with Crippen LogP contribution in [0.15, 0.2) is 28.1 Å². The van der Waals surface area contributed by atoms with Crippen molar-refractivity contribution in [1.29, 1.82) is 0 Å². The molecule has 0 aliphatic heterocycles. The number of aromatic hydroxyl groups is 2. The van der Waals surface area contributed by atoms with E-state index in [9.17, 15) is 15.0 Å². The Morgan fingerprint density at radius 2 is 2.11 bits per heavy atom. The number of halogens is 1. The number of hydrogen-bond acceptors (Lipinski definition) is 7. The summed E-state index contributed by atoms with van der Waals surface area (Å²) in [5, 5.41) is 31.6. The van der Waals surface area contributed by atoms with Crippen molar-refractivity contribution in [2.75, 3.05) is 11.9 Å². The molecule has 3 aromatic rings. The average Bonchev–Trinajstić information content (AvgIpc) is 3.22. The molecule has 0 aliphatic carbocycles. The van der Waals surface area contributed by atoms with Gasteiger partial charge in [-0.1, -0.05) is 16.8 Å². The number of carbonyl (C=O) groups is 1. The summed E-state index contributed by atoms with van der Waals surface area (Å²) >= 11 is 7.55. The Labute approximate surface area is 164 Å². The molecule has 2 aromatic heterocycles. The van der Waals surface area contributed by atoms with Crippen LogP contribution in [0.2, 0.25) is 5.02 Å². The van der Waals surface area contributed by atoms with Gasteiger partial charge in [-0.3, -0.25) is 4.79 Å². The number of aromatic nitrogens is 1. The van der Waals surface area contributed by atoms with Crippen LogP contribution in [0, 0.1) is 6.92 Å². The Kier molecular flexibility index (Phi) is 5.57. The van der Waals surface area contributed by atoms with Crippen LogP contribution in [-0.4, -0.2) is 27.8 Å². The van der Waals surface area contributed by atoms with E-state index in [4.69, 9.17) is 16.1 Å². The number of thiophene rings is 1. The second-order valence-corrected chi connectivity index (χ2v) is 7.20. The van der Waals surface area contributed by atoms with Gasteiger partial charge in [0.1, 0.15) is 17.2 Å². The molecule has 0 aliphatic rings. The Morgan fingerprint density at radius 1 is 1.33 bits per heavy atom. The van der Waals surface area contributed by atoms with Crippen molar-refractivity contribution in [2.45, 2.75) is 20.4 Å². The number of carbonyl (C=O) groups excluding carboxylic acids is 1. The fourth-order valence-corrected chi connectivity index (χ4v) is 3.53. The molecular weight excluding hydrogens is 390 g/mol. The van der Waals surface area contributed by atoms with Crippen LogP contribution in [0.1, 0.15) is 27.9 Å². The zero-order chi connectivity index (χ0) is 19.6. The normalized spacial score (nSPS) is 10.8. The lowest BCUT2D eigenvalue weighted by Gasteiger charge is -2.09. The SMILES string of the molecule is CCNC(=O)c1noc(-c2cc(Cl)c(O)cc2O)c1NCc1sccc1C. The van der Waals surface area contributed by atoms with Crippen molar-refractivity contribution in [2.24, 2.45) is 0 Å². The second kappa shape index (κ2) is 7.89. The van der Waals surface area contributed by atoms with Gasteiger partial charge in [-0.05, 0) is 36.9 Å². The highest BCUT2D eigenvalue weighted by Crippen LogP contribution is 2.41. The van der Waals surface area contributed by atoms with Gasteiger partial charge in [-0.2, -0.15) is 0 Å². The monoisotopic (exact) mass is 407 g/mol. The molecule has 1 amide bonds. The maximum absolute atomic E-state index is 12.3. The van der Waals surface area contributed by atoms with Gasteiger partial charge < -0.3 is 25.4 Å². The van der Waals surface area contributed by atoms with Crippen molar-refractivity contribution in [3.05, 3.63) is 44.7 Å². The number of rotatable bonds is 6. The zero-order valence-corrected chi connectivity index (χ0v) is 16.2. The zero-order valence-electron chi connectivity index (χ0n) is 14.7. The lowest BCUT2D eigenvalue weighted by atomic mass is 10.1. The number of hydrogen-bond donors (Lipinski definition) is 4. The largest absolute Gasteiger partial charge is 0.507 e. The molecule has 2 heterocycles. The van der Waals surface area contributed by atoms with E-state index in [1.165, 1.54) is 6.07 Å². The Morgan fingerprint density at radius 3 is 2.78 bits per heavy atom. The number of benzene rings is 1. The van der Waals surface area contributed by atoms with E-state index >= 15 is 0 Å². The first-order valence-electron chi connectivity index (χ1n) is 8.18. The van der Waals surface area contributed by atoms with E-state index in [1.54, 1.807) is 18.3 Å². The van der Waals surface area contributed by atoms with Gasteiger partial charge in [0.25, 0.3) is 5.91 Å². The topological polar surface area (TPSA) is 108 Å². The van der Waals surface area contributed by atoms with Crippen molar-refractivity contribution in [1.82, 2.24) is 10.5 Å². The fraction of sp³-hybridized carbons (Fsp3) is 0.222. The van der Waals surface area contributed by atoms with E-state index in [-0.39, 0.29) is 33.5 Å². The summed E-state index contributed by atoms with van der Waals surface area (Å²) in [6.07, 6.45) is 0. The first kappa shape index (κ1) is 19.1. The summed E-state index contributed by atoms with van der Waals surface area (Å²) in [5.41, 5.74) is 1.75. The molecule has 27 heavy (non-hydrogen) atoms. The molecule has 0 atom stereocenters. The van der Waals surface area contributed by atoms with Gasteiger partial charge in [0.05, 0.1) is 10.6 Å². The third kappa shape index (κ3) is 3.86. The van der Waals surface area contributed by atoms with E-state index in [2.05, 4.69) is 15.8 Å². The van der Waals surface area contributed by atoms with Crippen molar-refractivity contribution in [3.63, 3.8) is 0 Å². The molecule has 0 spiro atoms. The van der Waals surface area contributed by atoms with Crippen LogP contribution < -0.4 is 10.6 Å². The van der Waals surface area contributed by atoms with E-state index < -0.39 is 5.91 Å². The first-order chi connectivity index (χ1) is 12.9. The molecule has 0 fully saturated rings. The predicted molar refractivity (Wildman–Crippen MR) is 105 cm³/mol. The molecule has 7 nitrogen and oxygen atoms in total. The standard InChI is InChI=1S/C18H18ClN3O4S/c1-3-20-18(25)16-15(21-8-14-9(2)4-5-27-14)17(26-22-16)10-6-11(19)13(24)7-12(10)23/h4-7,21,23-24H,3,8H2,1-2H3,(H,20,25). The minimum Gasteiger partial charge on any atom is -0.507 e. The summed E-state index contributed by atoms with van der Waals surface area (Å²) in [6.45, 7) is 4.68. The lowest BCUT2D eigenvalue weighted by molar-refractivity contribution is 0.0947. The van der Waals surface area contributed by atoms with E-state index in [1.807, 2.05) is 18.4 Å². The summed E-state index contributed by atoms with van der Waals surface area (Å²) < 4.78 is 5.35. The Balaban J connectivity index is 2.04. The summed E-state index contributed by atoms with van der Waals surface area (Å²) in [4.78, 5) is 13.4. The first-order valence-corrected chi connectivity index (χ1v) is 9.44. The van der Waals surface area contributed by atoms with Gasteiger partial charge in [0.15, 0.2) is 11.5 Å². The van der Waals surface area contributed by atoms with Gasteiger partial charge in [-0.25, -0.2) is 0 Å². The molecule has 1 aromatic carbocycles. The molecular formula is C18H18ClN3O4S.